The van der Waals surface area contributed by atoms with Gasteiger partial charge < -0.3 is 5.32 Å². The third-order valence-corrected chi connectivity index (χ3v) is 4.36. The van der Waals surface area contributed by atoms with Gasteiger partial charge in [-0.05, 0) is 24.3 Å². The maximum atomic E-state index is 6.19. The molecule has 1 N–H and O–H groups in total. The molecule has 18 heavy (non-hydrogen) atoms. The SMILES string of the molecule is CNc1ccccc1-c1nc2cccc(Cl)c2s1. The summed E-state index contributed by atoms with van der Waals surface area (Å²) >= 11 is 7.81. The van der Waals surface area contributed by atoms with Crippen molar-refractivity contribution in [3.8, 4) is 10.6 Å². The number of anilines is 1. The molecular formula is C14H11ClN2S. The highest BCUT2D eigenvalue weighted by Gasteiger charge is 2.10. The lowest BCUT2D eigenvalue weighted by atomic mass is 10.2. The predicted molar refractivity (Wildman–Crippen MR) is 79.6 cm³/mol. The first-order chi connectivity index (χ1) is 8.79. The van der Waals surface area contributed by atoms with Crippen molar-refractivity contribution in [1.82, 2.24) is 4.98 Å². The van der Waals surface area contributed by atoms with Crippen LogP contribution < -0.4 is 5.32 Å². The lowest BCUT2D eigenvalue weighted by Gasteiger charge is -2.04. The van der Waals surface area contributed by atoms with Crippen molar-refractivity contribution in [2.75, 3.05) is 12.4 Å². The maximum absolute atomic E-state index is 6.19. The van der Waals surface area contributed by atoms with Crippen LogP contribution in [0.5, 0.6) is 0 Å². The fraction of sp³-hybridized carbons (Fsp3) is 0.0714. The topological polar surface area (TPSA) is 24.9 Å². The molecule has 2 aromatic carbocycles. The normalized spacial score (nSPS) is 10.8. The molecule has 3 aromatic rings. The summed E-state index contributed by atoms with van der Waals surface area (Å²) in [5.41, 5.74) is 3.14. The average molecular weight is 275 g/mol. The molecule has 0 atom stereocenters. The summed E-state index contributed by atoms with van der Waals surface area (Å²) in [5, 5.41) is 4.94. The molecule has 0 aliphatic carbocycles. The van der Waals surface area contributed by atoms with E-state index in [1.807, 2.05) is 43.4 Å². The summed E-state index contributed by atoms with van der Waals surface area (Å²) in [4.78, 5) is 4.65. The predicted octanol–water partition coefficient (Wildman–Crippen LogP) is 4.66. The molecular weight excluding hydrogens is 264 g/mol. The Balaban J connectivity index is 2.23. The Bertz CT molecular complexity index is 706. The van der Waals surface area contributed by atoms with Gasteiger partial charge in [-0.3, -0.25) is 0 Å². The minimum atomic E-state index is 0.762. The molecule has 0 aliphatic rings. The zero-order valence-electron chi connectivity index (χ0n) is 9.77. The molecule has 0 spiro atoms. The van der Waals surface area contributed by atoms with Gasteiger partial charge in [0, 0.05) is 18.3 Å². The molecule has 4 heteroatoms. The van der Waals surface area contributed by atoms with Crippen LogP contribution in [0.15, 0.2) is 42.5 Å². The molecule has 0 radical (unpaired) electrons. The zero-order valence-corrected chi connectivity index (χ0v) is 11.3. The molecule has 0 aliphatic heterocycles. The molecule has 0 unspecified atom stereocenters. The first-order valence-electron chi connectivity index (χ1n) is 5.62. The van der Waals surface area contributed by atoms with Gasteiger partial charge >= 0.3 is 0 Å². The number of benzene rings is 2. The highest BCUT2D eigenvalue weighted by molar-refractivity contribution is 7.22. The van der Waals surface area contributed by atoms with Crippen LogP contribution in [-0.2, 0) is 0 Å². The molecule has 0 fully saturated rings. The van der Waals surface area contributed by atoms with E-state index in [9.17, 15) is 0 Å². The number of nitrogens with zero attached hydrogens (tertiary/aromatic N) is 1. The van der Waals surface area contributed by atoms with Gasteiger partial charge in [-0.25, -0.2) is 4.98 Å². The largest absolute Gasteiger partial charge is 0.388 e. The van der Waals surface area contributed by atoms with Gasteiger partial charge in [0.25, 0.3) is 0 Å². The average Bonchev–Trinajstić information content (AvgIpc) is 2.84. The molecule has 1 aromatic heterocycles. The Morgan fingerprint density at radius 2 is 1.94 bits per heavy atom. The Morgan fingerprint density at radius 3 is 2.72 bits per heavy atom. The van der Waals surface area contributed by atoms with E-state index in [0.29, 0.717) is 0 Å². The van der Waals surface area contributed by atoms with E-state index in [4.69, 9.17) is 11.6 Å². The van der Waals surface area contributed by atoms with Crippen LogP contribution in [0.1, 0.15) is 0 Å². The molecule has 2 nitrogen and oxygen atoms in total. The maximum Gasteiger partial charge on any atom is 0.126 e. The second kappa shape index (κ2) is 4.59. The number of nitrogens with one attached hydrogen (secondary N) is 1. The second-order valence-electron chi connectivity index (χ2n) is 3.90. The molecule has 1 heterocycles. The lowest BCUT2D eigenvalue weighted by Crippen LogP contribution is -1.90. The zero-order chi connectivity index (χ0) is 12.5. The summed E-state index contributed by atoms with van der Waals surface area (Å²) in [7, 11) is 1.92. The fourth-order valence-electron chi connectivity index (χ4n) is 1.92. The van der Waals surface area contributed by atoms with Gasteiger partial charge in [-0.15, -0.1) is 11.3 Å². The van der Waals surface area contributed by atoms with Crippen molar-refractivity contribution in [2.45, 2.75) is 0 Å². The van der Waals surface area contributed by atoms with Crippen LogP contribution in [0.3, 0.4) is 0 Å². The van der Waals surface area contributed by atoms with Crippen molar-refractivity contribution in [1.29, 1.82) is 0 Å². The Morgan fingerprint density at radius 1 is 1.11 bits per heavy atom. The van der Waals surface area contributed by atoms with E-state index in [-0.39, 0.29) is 0 Å². The summed E-state index contributed by atoms with van der Waals surface area (Å²) < 4.78 is 1.04. The van der Waals surface area contributed by atoms with Crippen molar-refractivity contribution >= 4 is 38.8 Å². The van der Waals surface area contributed by atoms with Crippen LogP contribution in [0.4, 0.5) is 5.69 Å². The van der Waals surface area contributed by atoms with E-state index in [1.165, 1.54) is 0 Å². The van der Waals surface area contributed by atoms with Crippen molar-refractivity contribution < 1.29 is 0 Å². The number of hydrogen-bond acceptors (Lipinski definition) is 3. The number of halogens is 1. The minimum Gasteiger partial charge on any atom is -0.388 e. The summed E-state index contributed by atoms with van der Waals surface area (Å²) in [6.45, 7) is 0. The van der Waals surface area contributed by atoms with Gasteiger partial charge in [-0.1, -0.05) is 29.8 Å². The smallest absolute Gasteiger partial charge is 0.126 e. The Kier molecular flexibility index (Phi) is 2.94. The first-order valence-corrected chi connectivity index (χ1v) is 6.81. The van der Waals surface area contributed by atoms with E-state index in [1.54, 1.807) is 11.3 Å². The van der Waals surface area contributed by atoms with Crippen LogP contribution >= 0.6 is 22.9 Å². The number of para-hydroxylation sites is 1. The van der Waals surface area contributed by atoms with E-state index in [0.717, 1.165) is 31.5 Å². The quantitative estimate of drug-likeness (QED) is 0.735. The van der Waals surface area contributed by atoms with Crippen LogP contribution in [-0.4, -0.2) is 12.0 Å². The Hall–Kier alpha value is -1.58. The molecule has 3 rings (SSSR count). The van der Waals surface area contributed by atoms with E-state index >= 15 is 0 Å². The number of hydrogen-bond donors (Lipinski definition) is 1. The molecule has 0 saturated carbocycles. The minimum absolute atomic E-state index is 0.762. The number of aromatic nitrogens is 1. The monoisotopic (exact) mass is 274 g/mol. The molecule has 0 saturated heterocycles. The third-order valence-electron chi connectivity index (χ3n) is 2.79. The highest BCUT2D eigenvalue weighted by Crippen LogP contribution is 2.36. The van der Waals surface area contributed by atoms with Crippen LogP contribution in [0.25, 0.3) is 20.8 Å². The summed E-state index contributed by atoms with van der Waals surface area (Å²) in [6.07, 6.45) is 0. The molecule has 0 amide bonds. The van der Waals surface area contributed by atoms with Crippen molar-refractivity contribution in [2.24, 2.45) is 0 Å². The van der Waals surface area contributed by atoms with E-state index in [2.05, 4.69) is 16.4 Å². The molecule has 90 valence electrons. The third kappa shape index (κ3) is 1.85. The second-order valence-corrected chi connectivity index (χ2v) is 5.31. The van der Waals surface area contributed by atoms with Crippen molar-refractivity contribution in [3.63, 3.8) is 0 Å². The van der Waals surface area contributed by atoms with Crippen LogP contribution in [0.2, 0.25) is 5.02 Å². The van der Waals surface area contributed by atoms with Gasteiger partial charge in [0.1, 0.15) is 5.01 Å². The van der Waals surface area contributed by atoms with Gasteiger partial charge in [0.2, 0.25) is 0 Å². The lowest BCUT2D eigenvalue weighted by molar-refractivity contribution is 1.45. The number of fused-ring (bicyclic) bond motifs is 1. The summed E-state index contributed by atoms with van der Waals surface area (Å²) in [6, 6.07) is 14.0. The fourth-order valence-corrected chi connectivity index (χ4v) is 3.21. The number of rotatable bonds is 2. The standard InChI is InChI=1S/C14H11ClN2S/c1-16-11-7-3-2-5-9(11)14-17-12-8-4-6-10(15)13(12)18-14/h2-8,16H,1H3. The Labute approximate surface area is 114 Å². The number of thiazole rings is 1. The van der Waals surface area contributed by atoms with Crippen molar-refractivity contribution in [3.05, 3.63) is 47.5 Å². The van der Waals surface area contributed by atoms with Gasteiger partial charge in [-0.2, -0.15) is 0 Å². The van der Waals surface area contributed by atoms with Gasteiger partial charge in [0.05, 0.1) is 15.2 Å². The molecule has 0 bridgehead atoms. The van der Waals surface area contributed by atoms with Gasteiger partial charge in [0.15, 0.2) is 0 Å². The van der Waals surface area contributed by atoms with E-state index < -0.39 is 0 Å². The first kappa shape index (κ1) is 11.5. The summed E-state index contributed by atoms with van der Waals surface area (Å²) in [5.74, 6) is 0. The highest BCUT2D eigenvalue weighted by atomic mass is 35.5. The van der Waals surface area contributed by atoms with Crippen LogP contribution in [0, 0.1) is 0 Å².